The molecular weight excluding hydrogens is 262 g/mol. The Morgan fingerprint density at radius 1 is 1.40 bits per heavy atom. The van der Waals surface area contributed by atoms with Crippen molar-refractivity contribution in [2.45, 2.75) is 38.3 Å². The molecule has 0 aromatic heterocycles. The lowest BCUT2D eigenvalue weighted by molar-refractivity contribution is -0.155. The molecule has 1 aliphatic heterocycles. The number of rotatable bonds is 4. The van der Waals surface area contributed by atoms with Crippen molar-refractivity contribution in [3.63, 3.8) is 0 Å². The molecule has 0 spiro atoms. The highest BCUT2D eigenvalue weighted by Gasteiger charge is 2.32. The number of carbonyl (C=O) groups excluding carboxylic acids is 1. The molecule has 1 aliphatic rings. The van der Waals surface area contributed by atoms with Crippen LogP contribution in [0.15, 0.2) is 0 Å². The minimum absolute atomic E-state index is 0.109. The van der Waals surface area contributed by atoms with Crippen molar-refractivity contribution < 1.29 is 19.8 Å². The van der Waals surface area contributed by atoms with Gasteiger partial charge in [-0.15, -0.1) is 0 Å². The molecule has 20 heavy (non-hydrogen) atoms. The number of nitrogens with one attached hydrogen (secondary N) is 1. The van der Waals surface area contributed by atoms with E-state index in [0.717, 1.165) is 25.9 Å². The lowest BCUT2D eigenvalue weighted by Gasteiger charge is -2.31. The SMILES string of the molecule is CCC1CN(C)CCCN1C(=O)NCC(C)(O)C(=O)O. The molecule has 7 nitrogen and oxygen atoms in total. The van der Waals surface area contributed by atoms with E-state index in [1.54, 1.807) is 4.90 Å². The highest BCUT2D eigenvalue weighted by molar-refractivity contribution is 5.79. The summed E-state index contributed by atoms with van der Waals surface area (Å²) in [6.07, 6.45) is 1.73. The number of nitrogens with zero attached hydrogens (tertiary/aromatic N) is 2. The predicted octanol–water partition coefficient (Wildman–Crippen LogP) is -0.0523. The van der Waals surface area contributed by atoms with Gasteiger partial charge in [0.25, 0.3) is 0 Å². The molecule has 116 valence electrons. The van der Waals surface area contributed by atoms with Crippen LogP contribution in [-0.4, -0.2) is 76.9 Å². The molecule has 0 saturated carbocycles. The van der Waals surface area contributed by atoms with E-state index in [2.05, 4.69) is 10.2 Å². The molecule has 1 heterocycles. The van der Waals surface area contributed by atoms with Crippen LogP contribution in [-0.2, 0) is 4.79 Å². The van der Waals surface area contributed by atoms with Crippen molar-refractivity contribution in [1.82, 2.24) is 15.1 Å². The van der Waals surface area contributed by atoms with Crippen molar-refractivity contribution in [3.8, 4) is 0 Å². The lowest BCUT2D eigenvalue weighted by atomic mass is 10.1. The predicted molar refractivity (Wildman–Crippen MR) is 74.6 cm³/mol. The first kappa shape index (κ1) is 16.7. The van der Waals surface area contributed by atoms with Crippen molar-refractivity contribution in [2.75, 3.05) is 33.2 Å². The number of likely N-dealkylation sites (N-methyl/N-ethyl adjacent to an activating group) is 1. The molecule has 2 unspecified atom stereocenters. The average molecular weight is 287 g/mol. The molecule has 0 radical (unpaired) electrons. The molecule has 1 fully saturated rings. The molecule has 1 saturated heterocycles. The van der Waals surface area contributed by atoms with Crippen LogP contribution in [0.25, 0.3) is 0 Å². The van der Waals surface area contributed by atoms with Crippen LogP contribution in [0.3, 0.4) is 0 Å². The third-order valence-corrected chi connectivity index (χ3v) is 3.68. The molecule has 2 atom stereocenters. The summed E-state index contributed by atoms with van der Waals surface area (Å²) in [5.74, 6) is -1.35. The second-order valence-corrected chi connectivity index (χ2v) is 5.61. The second-order valence-electron chi connectivity index (χ2n) is 5.61. The van der Waals surface area contributed by atoms with Gasteiger partial charge in [0.05, 0.1) is 6.54 Å². The maximum Gasteiger partial charge on any atom is 0.337 e. The fraction of sp³-hybridized carbons (Fsp3) is 0.846. The number of hydrogen-bond donors (Lipinski definition) is 3. The minimum Gasteiger partial charge on any atom is -0.479 e. The Labute approximate surface area is 119 Å². The van der Waals surface area contributed by atoms with Gasteiger partial charge in [-0.05, 0) is 33.4 Å². The van der Waals surface area contributed by atoms with Gasteiger partial charge in [0, 0.05) is 19.1 Å². The van der Waals surface area contributed by atoms with Gasteiger partial charge in [-0.1, -0.05) is 6.92 Å². The summed E-state index contributed by atoms with van der Waals surface area (Å²) in [7, 11) is 2.03. The molecule has 0 bridgehead atoms. The Morgan fingerprint density at radius 3 is 2.60 bits per heavy atom. The monoisotopic (exact) mass is 287 g/mol. The number of aliphatic hydroxyl groups is 1. The zero-order valence-corrected chi connectivity index (χ0v) is 12.4. The van der Waals surface area contributed by atoms with Gasteiger partial charge >= 0.3 is 12.0 Å². The number of amides is 2. The number of carboxylic acids is 1. The summed E-state index contributed by atoms with van der Waals surface area (Å²) in [6.45, 7) is 5.28. The Hall–Kier alpha value is -1.34. The largest absolute Gasteiger partial charge is 0.479 e. The number of aliphatic carboxylic acids is 1. The third kappa shape index (κ3) is 4.35. The molecular formula is C13H25N3O4. The molecule has 2 amide bonds. The van der Waals surface area contributed by atoms with Gasteiger partial charge < -0.3 is 25.3 Å². The first-order valence-corrected chi connectivity index (χ1v) is 6.96. The smallest absolute Gasteiger partial charge is 0.337 e. The molecule has 3 N–H and O–H groups in total. The summed E-state index contributed by atoms with van der Waals surface area (Å²) in [4.78, 5) is 26.9. The number of carboxylic acid groups (broad SMARTS) is 1. The van der Waals surface area contributed by atoms with Gasteiger partial charge in [0.2, 0.25) is 0 Å². The number of carbonyl (C=O) groups is 2. The fourth-order valence-corrected chi connectivity index (χ4v) is 2.28. The normalized spacial score (nSPS) is 23.8. The summed E-state index contributed by atoms with van der Waals surface area (Å²) in [6, 6.07) is -0.203. The van der Waals surface area contributed by atoms with Crippen molar-refractivity contribution in [1.29, 1.82) is 0 Å². The van der Waals surface area contributed by atoms with Crippen LogP contribution in [0.4, 0.5) is 4.79 Å². The van der Waals surface area contributed by atoms with Crippen molar-refractivity contribution in [3.05, 3.63) is 0 Å². The Morgan fingerprint density at radius 2 is 2.05 bits per heavy atom. The van der Waals surface area contributed by atoms with Crippen LogP contribution < -0.4 is 5.32 Å². The van der Waals surface area contributed by atoms with Gasteiger partial charge in [-0.3, -0.25) is 0 Å². The van der Waals surface area contributed by atoms with Crippen LogP contribution in [0.2, 0.25) is 0 Å². The van der Waals surface area contributed by atoms with E-state index in [1.807, 2.05) is 14.0 Å². The van der Waals surface area contributed by atoms with Crippen LogP contribution in [0.1, 0.15) is 26.7 Å². The molecule has 1 rings (SSSR count). The van der Waals surface area contributed by atoms with Gasteiger partial charge in [-0.2, -0.15) is 0 Å². The third-order valence-electron chi connectivity index (χ3n) is 3.68. The van der Waals surface area contributed by atoms with E-state index in [-0.39, 0.29) is 18.6 Å². The summed E-state index contributed by atoms with van der Waals surface area (Å²) < 4.78 is 0. The first-order valence-electron chi connectivity index (χ1n) is 6.96. The van der Waals surface area contributed by atoms with Crippen molar-refractivity contribution >= 4 is 12.0 Å². The molecule has 0 aliphatic carbocycles. The van der Waals surface area contributed by atoms with Crippen molar-refractivity contribution in [2.24, 2.45) is 0 Å². The highest BCUT2D eigenvalue weighted by atomic mass is 16.4. The Bertz CT molecular complexity index is 360. The summed E-state index contributed by atoms with van der Waals surface area (Å²) >= 11 is 0. The van der Waals surface area contributed by atoms with E-state index in [1.165, 1.54) is 6.92 Å². The topological polar surface area (TPSA) is 93.1 Å². The molecule has 0 aromatic rings. The van der Waals surface area contributed by atoms with Gasteiger partial charge in [0.1, 0.15) is 0 Å². The number of urea groups is 1. The van der Waals surface area contributed by atoms with E-state index < -0.39 is 11.6 Å². The average Bonchev–Trinajstić information content (AvgIpc) is 2.57. The second kappa shape index (κ2) is 6.90. The highest BCUT2D eigenvalue weighted by Crippen LogP contribution is 2.12. The molecule has 7 heteroatoms. The van der Waals surface area contributed by atoms with E-state index in [9.17, 15) is 14.7 Å². The van der Waals surface area contributed by atoms with E-state index >= 15 is 0 Å². The quantitative estimate of drug-likeness (QED) is 0.674. The lowest BCUT2D eigenvalue weighted by Crippen LogP contribution is -2.53. The molecule has 0 aromatic carbocycles. The minimum atomic E-state index is -1.94. The maximum absolute atomic E-state index is 12.2. The summed E-state index contributed by atoms with van der Waals surface area (Å²) in [5, 5.41) is 21.0. The number of hydrogen-bond acceptors (Lipinski definition) is 4. The summed E-state index contributed by atoms with van der Waals surface area (Å²) in [5.41, 5.74) is -1.94. The maximum atomic E-state index is 12.2. The van der Waals surface area contributed by atoms with E-state index in [4.69, 9.17) is 5.11 Å². The first-order chi connectivity index (χ1) is 9.27. The fourth-order valence-electron chi connectivity index (χ4n) is 2.28. The Balaban J connectivity index is 2.62. The zero-order valence-electron chi connectivity index (χ0n) is 12.4. The van der Waals surface area contributed by atoms with Gasteiger partial charge in [0.15, 0.2) is 5.60 Å². The van der Waals surface area contributed by atoms with E-state index in [0.29, 0.717) is 6.54 Å². The Kier molecular flexibility index (Phi) is 5.76. The zero-order chi connectivity index (χ0) is 15.3. The van der Waals surface area contributed by atoms with Crippen LogP contribution in [0.5, 0.6) is 0 Å². The van der Waals surface area contributed by atoms with Crippen LogP contribution >= 0.6 is 0 Å². The van der Waals surface area contributed by atoms with Gasteiger partial charge in [-0.25, -0.2) is 9.59 Å². The van der Waals surface area contributed by atoms with Crippen LogP contribution in [0, 0.1) is 0 Å². The standard InChI is InChI=1S/C13H25N3O4/c1-4-10-8-15(3)6-5-7-16(10)12(19)14-9-13(2,20)11(17)18/h10,20H,4-9H2,1-3H3,(H,14,19)(H,17,18).